The predicted octanol–water partition coefficient (Wildman–Crippen LogP) is 0.344. The number of nitrogens with one attached hydrogen (secondary N) is 3. The first kappa shape index (κ1) is 11.0. The molecule has 0 radical (unpaired) electrons. The van der Waals surface area contributed by atoms with Gasteiger partial charge in [0.25, 0.3) is 0 Å². The lowest BCUT2D eigenvalue weighted by Crippen LogP contribution is -2.19. The molecule has 0 bridgehead atoms. The average Bonchev–Trinajstić information content (AvgIpc) is 2.63. The number of carbonyl (C=O) groups excluding carboxylic acids is 1. The van der Waals surface area contributed by atoms with Gasteiger partial charge in [-0.15, -0.1) is 0 Å². The summed E-state index contributed by atoms with van der Waals surface area (Å²) in [5, 5.41) is 2.58. The highest BCUT2D eigenvalue weighted by Gasteiger charge is 1.97. The molecule has 0 spiro atoms. The first-order valence-corrected chi connectivity index (χ1v) is 5.10. The minimum Gasteiger partial charge on any atom is -0.345 e. The van der Waals surface area contributed by atoms with E-state index in [-0.39, 0.29) is 11.6 Å². The zero-order valence-electron chi connectivity index (χ0n) is 9.26. The Morgan fingerprint density at radius 3 is 2.88 bits per heavy atom. The van der Waals surface area contributed by atoms with Crippen molar-refractivity contribution in [3.05, 3.63) is 34.2 Å². The van der Waals surface area contributed by atoms with E-state index in [4.69, 9.17) is 0 Å². The summed E-state index contributed by atoms with van der Waals surface area (Å²) in [6.07, 6.45) is 0. The van der Waals surface area contributed by atoms with Gasteiger partial charge in [0.1, 0.15) is 0 Å². The number of aromatic amines is 2. The third-order valence-electron chi connectivity index (χ3n) is 2.17. The Hall–Kier alpha value is -2.48. The molecule has 0 saturated carbocycles. The molecular formula is C12H11N3O2. The van der Waals surface area contributed by atoms with E-state index in [0.717, 1.165) is 16.6 Å². The zero-order chi connectivity index (χ0) is 12.3. The van der Waals surface area contributed by atoms with E-state index in [1.165, 1.54) is 6.92 Å². The number of fused-ring (bicyclic) bond motifs is 1. The second-order valence-corrected chi connectivity index (χ2v) is 3.55. The second kappa shape index (κ2) is 4.58. The molecule has 0 atom stereocenters. The van der Waals surface area contributed by atoms with E-state index in [9.17, 15) is 9.59 Å². The number of hydrogen-bond acceptors (Lipinski definition) is 2. The van der Waals surface area contributed by atoms with Gasteiger partial charge < -0.3 is 15.3 Å². The summed E-state index contributed by atoms with van der Waals surface area (Å²) in [7, 11) is 0. The predicted molar refractivity (Wildman–Crippen MR) is 64.5 cm³/mol. The van der Waals surface area contributed by atoms with E-state index >= 15 is 0 Å². The van der Waals surface area contributed by atoms with Crippen LogP contribution >= 0.6 is 0 Å². The molecule has 5 nitrogen and oxygen atoms in total. The summed E-state index contributed by atoms with van der Waals surface area (Å²) in [4.78, 5) is 27.0. The van der Waals surface area contributed by atoms with E-state index in [0.29, 0.717) is 6.54 Å². The number of benzene rings is 1. The van der Waals surface area contributed by atoms with Gasteiger partial charge >= 0.3 is 5.69 Å². The normalized spacial score (nSPS) is 9.71. The number of rotatable bonds is 1. The minimum atomic E-state index is -0.233. The summed E-state index contributed by atoms with van der Waals surface area (Å²) < 4.78 is 0. The quantitative estimate of drug-likeness (QED) is 0.617. The molecule has 0 unspecified atom stereocenters. The van der Waals surface area contributed by atoms with Gasteiger partial charge in [-0.2, -0.15) is 0 Å². The third kappa shape index (κ3) is 2.75. The maximum atomic E-state index is 11.0. The van der Waals surface area contributed by atoms with E-state index in [1.54, 1.807) is 12.1 Å². The number of H-pyrrole nitrogens is 2. The van der Waals surface area contributed by atoms with Gasteiger partial charge in [0.2, 0.25) is 5.91 Å². The number of amides is 1. The maximum Gasteiger partial charge on any atom is 0.323 e. The molecule has 1 amide bonds. The van der Waals surface area contributed by atoms with Crippen molar-refractivity contribution in [1.82, 2.24) is 15.3 Å². The molecule has 0 fully saturated rings. The second-order valence-electron chi connectivity index (χ2n) is 3.55. The molecule has 1 aromatic carbocycles. The molecule has 0 aliphatic rings. The molecule has 0 aliphatic carbocycles. The fourth-order valence-corrected chi connectivity index (χ4v) is 1.43. The summed E-state index contributed by atoms with van der Waals surface area (Å²) in [5.74, 6) is 5.61. The molecular weight excluding hydrogens is 218 g/mol. The Balaban J connectivity index is 2.18. The summed E-state index contributed by atoms with van der Waals surface area (Å²) in [6.45, 7) is 1.76. The maximum absolute atomic E-state index is 11.0. The van der Waals surface area contributed by atoms with Crippen molar-refractivity contribution in [1.29, 1.82) is 0 Å². The van der Waals surface area contributed by atoms with Crippen LogP contribution in [0, 0.1) is 11.8 Å². The lowest BCUT2D eigenvalue weighted by Gasteiger charge is -1.92. The third-order valence-corrected chi connectivity index (χ3v) is 2.17. The Kier molecular flexibility index (Phi) is 2.97. The van der Waals surface area contributed by atoms with Crippen LogP contribution in [0.3, 0.4) is 0 Å². The van der Waals surface area contributed by atoms with E-state index in [1.807, 2.05) is 6.07 Å². The van der Waals surface area contributed by atoms with Gasteiger partial charge in [-0.1, -0.05) is 11.8 Å². The van der Waals surface area contributed by atoms with Crippen molar-refractivity contribution in [3.63, 3.8) is 0 Å². The molecule has 0 aliphatic heterocycles. The van der Waals surface area contributed by atoms with Gasteiger partial charge in [0, 0.05) is 12.5 Å². The van der Waals surface area contributed by atoms with Gasteiger partial charge in [0.15, 0.2) is 0 Å². The Morgan fingerprint density at radius 1 is 1.35 bits per heavy atom. The topological polar surface area (TPSA) is 77.8 Å². The smallest absolute Gasteiger partial charge is 0.323 e. The Morgan fingerprint density at radius 2 is 2.12 bits per heavy atom. The Bertz CT molecular complexity index is 670. The highest BCUT2D eigenvalue weighted by molar-refractivity contribution is 5.76. The number of aromatic nitrogens is 2. The van der Waals surface area contributed by atoms with Gasteiger partial charge in [-0.3, -0.25) is 4.79 Å². The van der Waals surface area contributed by atoms with Crippen molar-refractivity contribution >= 4 is 16.9 Å². The van der Waals surface area contributed by atoms with Crippen LogP contribution in [0.2, 0.25) is 0 Å². The first-order chi connectivity index (χ1) is 8.15. The molecule has 1 heterocycles. The molecule has 5 heteroatoms. The van der Waals surface area contributed by atoms with Crippen LogP contribution in [-0.4, -0.2) is 22.4 Å². The first-order valence-electron chi connectivity index (χ1n) is 5.10. The number of carbonyl (C=O) groups is 1. The van der Waals surface area contributed by atoms with Crippen LogP contribution in [0.4, 0.5) is 0 Å². The Labute approximate surface area is 97.2 Å². The number of hydrogen-bond donors (Lipinski definition) is 3. The van der Waals surface area contributed by atoms with Crippen molar-refractivity contribution < 1.29 is 4.79 Å². The standard InChI is InChI=1S/C12H11N3O2/c1-8(16)13-6-2-3-9-4-5-10-11(7-9)15-12(17)14-10/h4-5,7H,6H2,1H3,(H,13,16)(H2,14,15,17). The molecule has 2 aromatic rings. The van der Waals surface area contributed by atoms with Gasteiger partial charge in [-0.05, 0) is 18.2 Å². The van der Waals surface area contributed by atoms with Gasteiger partial charge in [-0.25, -0.2) is 4.79 Å². The van der Waals surface area contributed by atoms with Crippen molar-refractivity contribution in [2.75, 3.05) is 6.54 Å². The van der Waals surface area contributed by atoms with Crippen LogP contribution in [0.15, 0.2) is 23.0 Å². The van der Waals surface area contributed by atoms with Crippen LogP contribution < -0.4 is 11.0 Å². The average molecular weight is 229 g/mol. The van der Waals surface area contributed by atoms with Crippen LogP contribution in [0.5, 0.6) is 0 Å². The highest BCUT2D eigenvalue weighted by atomic mass is 16.1. The molecule has 2 rings (SSSR count). The molecule has 1 aromatic heterocycles. The summed E-state index contributed by atoms with van der Waals surface area (Å²) in [6, 6.07) is 5.39. The monoisotopic (exact) mass is 229 g/mol. The van der Waals surface area contributed by atoms with Crippen molar-refractivity contribution in [2.45, 2.75) is 6.92 Å². The summed E-state index contributed by atoms with van der Waals surface area (Å²) in [5.41, 5.74) is 2.03. The molecule has 0 saturated heterocycles. The zero-order valence-corrected chi connectivity index (χ0v) is 9.26. The lowest BCUT2D eigenvalue weighted by molar-refractivity contribution is -0.118. The number of imidazole rings is 1. The summed E-state index contributed by atoms with van der Waals surface area (Å²) >= 11 is 0. The minimum absolute atomic E-state index is 0.107. The molecule has 86 valence electrons. The van der Waals surface area contributed by atoms with E-state index in [2.05, 4.69) is 27.1 Å². The largest absolute Gasteiger partial charge is 0.345 e. The lowest BCUT2D eigenvalue weighted by atomic mass is 10.2. The van der Waals surface area contributed by atoms with Crippen molar-refractivity contribution in [3.8, 4) is 11.8 Å². The fourth-order valence-electron chi connectivity index (χ4n) is 1.43. The van der Waals surface area contributed by atoms with Crippen molar-refractivity contribution in [2.24, 2.45) is 0 Å². The SMILES string of the molecule is CC(=O)NCC#Cc1ccc2[nH]c(=O)[nH]c2c1. The molecule has 17 heavy (non-hydrogen) atoms. The van der Waals surface area contributed by atoms with Crippen LogP contribution in [0.1, 0.15) is 12.5 Å². The van der Waals surface area contributed by atoms with Gasteiger partial charge in [0.05, 0.1) is 17.6 Å². The van der Waals surface area contributed by atoms with Crippen LogP contribution in [0.25, 0.3) is 11.0 Å². The molecule has 3 N–H and O–H groups in total. The highest BCUT2D eigenvalue weighted by Crippen LogP contribution is 2.08. The van der Waals surface area contributed by atoms with E-state index < -0.39 is 0 Å². The van der Waals surface area contributed by atoms with Crippen LogP contribution in [-0.2, 0) is 4.79 Å². The fraction of sp³-hybridized carbons (Fsp3) is 0.167.